The van der Waals surface area contributed by atoms with E-state index in [4.69, 9.17) is 9.47 Å². The largest absolute Gasteiger partial charge is 0.460 e. The Hall–Kier alpha value is -1.35. The lowest BCUT2D eigenvalue weighted by atomic mass is 10.1. The molecule has 1 aromatic carbocycles. The molecule has 1 aromatic rings. The summed E-state index contributed by atoms with van der Waals surface area (Å²) in [5.74, 6) is -0.137. The van der Waals surface area contributed by atoms with Gasteiger partial charge >= 0.3 is 5.97 Å². The van der Waals surface area contributed by atoms with Gasteiger partial charge in [-0.3, -0.25) is 4.79 Å². The average Bonchev–Trinajstić information content (AvgIpc) is 2.69. The molecule has 0 saturated heterocycles. The highest BCUT2D eigenvalue weighted by Gasteiger charge is 2.15. The topological polar surface area (TPSA) is 35.5 Å². The van der Waals surface area contributed by atoms with Gasteiger partial charge in [0.15, 0.2) is 0 Å². The van der Waals surface area contributed by atoms with Crippen molar-refractivity contribution in [3.63, 3.8) is 0 Å². The molecule has 1 rings (SSSR count). The quantitative estimate of drug-likeness (QED) is 0.191. The van der Waals surface area contributed by atoms with E-state index >= 15 is 0 Å². The van der Waals surface area contributed by atoms with Gasteiger partial charge in [-0.15, -0.1) is 0 Å². The van der Waals surface area contributed by atoms with E-state index < -0.39 is 5.60 Å². The van der Waals surface area contributed by atoms with Crippen LogP contribution in [0.3, 0.4) is 0 Å². The fourth-order valence-corrected chi connectivity index (χ4v) is 3.50. The van der Waals surface area contributed by atoms with E-state index in [-0.39, 0.29) is 5.97 Å². The molecule has 0 atom stereocenters. The number of ether oxygens (including phenoxy) is 2. The Labute approximate surface area is 185 Å². The molecular formula is C27H46O3. The van der Waals surface area contributed by atoms with Crippen molar-refractivity contribution >= 4 is 5.97 Å². The van der Waals surface area contributed by atoms with Crippen LogP contribution in [0.15, 0.2) is 24.3 Å². The van der Waals surface area contributed by atoms with Crippen LogP contribution in [0, 0.1) is 0 Å². The number of rotatable bonds is 17. The highest BCUT2D eigenvalue weighted by Crippen LogP contribution is 2.13. The van der Waals surface area contributed by atoms with Gasteiger partial charge in [-0.05, 0) is 44.7 Å². The lowest BCUT2D eigenvalue weighted by molar-refractivity contribution is -0.154. The normalized spacial score (nSPS) is 11.6. The van der Waals surface area contributed by atoms with Gasteiger partial charge in [-0.25, -0.2) is 0 Å². The first-order valence-electron chi connectivity index (χ1n) is 12.3. The van der Waals surface area contributed by atoms with E-state index in [9.17, 15) is 4.79 Å². The SMILES string of the molecule is CCCCCCCCCCCCCOCc1ccc(CCC(=O)OC(C)(C)C)cc1. The zero-order chi connectivity index (χ0) is 22.1. The van der Waals surface area contributed by atoms with Gasteiger partial charge in [0.25, 0.3) is 0 Å². The summed E-state index contributed by atoms with van der Waals surface area (Å²) in [5.41, 5.74) is 1.95. The minimum atomic E-state index is -0.411. The van der Waals surface area contributed by atoms with Crippen molar-refractivity contribution in [2.45, 2.75) is 123 Å². The highest BCUT2D eigenvalue weighted by atomic mass is 16.6. The van der Waals surface area contributed by atoms with Gasteiger partial charge in [-0.1, -0.05) is 95.4 Å². The third kappa shape index (κ3) is 15.5. The molecule has 0 radical (unpaired) electrons. The van der Waals surface area contributed by atoms with Crippen molar-refractivity contribution in [2.75, 3.05) is 6.61 Å². The summed E-state index contributed by atoms with van der Waals surface area (Å²) < 4.78 is 11.2. The lowest BCUT2D eigenvalue weighted by Crippen LogP contribution is -2.23. The minimum absolute atomic E-state index is 0.137. The first kappa shape index (κ1) is 26.7. The van der Waals surface area contributed by atoms with Crippen molar-refractivity contribution in [3.8, 4) is 0 Å². The maximum absolute atomic E-state index is 11.8. The van der Waals surface area contributed by atoms with E-state index in [2.05, 4.69) is 31.2 Å². The zero-order valence-electron chi connectivity index (χ0n) is 20.1. The monoisotopic (exact) mass is 418 g/mol. The van der Waals surface area contributed by atoms with Crippen LogP contribution < -0.4 is 0 Å². The fraction of sp³-hybridized carbons (Fsp3) is 0.741. The van der Waals surface area contributed by atoms with E-state index in [1.807, 2.05) is 20.8 Å². The molecule has 0 heterocycles. The molecule has 0 amide bonds. The molecule has 0 bridgehead atoms. The number of carbonyl (C=O) groups excluding carboxylic acids is 1. The van der Waals surface area contributed by atoms with Crippen LogP contribution in [-0.4, -0.2) is 18.2 Å². The maximum atomic E-state index is 11.8. The first-order valence-corrected chi connectivity index (χ1v) is 12.3. The molecule has 3 heteroatoms. The minimum Gasteiger partial charge on any atom is -0.460 e. The van der Waals surface area contributed by atoms with Crippen LogP contribution >= 0.6 is 0 Å². The Bertz CT molecular complexity index is 542. The Morgan fingerprint density at radius 1 is 0.767 bits per heavy atom. The molecule has 0 aliphatic heterocycles. The van der Waals surface area contributed by atoms with Gasteiger partial charge < -0.3 is 9.47 Å². The van der Waals surface area contributed by atoms with Crippen molar-refractivity contribution in [1.29, 1.82) is 0 Å². The second-order valence-electron chi connectivity index (χ2n) is 9.49. The lowest BCUT2D eigenvalue weighted by Gasteiger charge is -2.19. The predicted octanol–water partition coefficient (Wildman–Crippen LogP) is 7.79. The third-order valence-corrected chi connectivity index (χ3v) is 5.22. The standard InChI is InChI=1S/C27H46O3/c1-5-6-7-8-9-10-11-12-13-14-15-22-29-23-25-18-16-24(17-19-25)20-21-26(28)30-27(2,3)4/h16-19H,5-15,20-23H2,1-4H3. The second-order valence-corrected chi connectivity index (χ2v) is 9.49. The van der Waals surface area contributed by atoms with Gasteiger partial charge in [0, 0.05) is 13.0 Å². The van der Waals surface area contributed by atoms with E-state index in [1.54, 1.807) is 0 Å². The van der Waals surface area contributed by atoms with Crippen LogP contribution in [0.1, 0.15) is 116 Å². The van der Waals surface area contributed by atoms with Crippen LogP contribution in [-0.2, 0) is 27.3 Å². The number of carbonyl (C=O) groups is 1. The van der Waals surface area contributed by atoms with Crippen LogP contribution in [0.25, 0.3) is 0 Å². The molecule has 0 unspecified atom stereocenters. The van der Waals surface area contributed by atoms with Crippen LogP contribution in [0.4, 0.5) is 0 Å². The Morgan fingerprint density at radius 3 is 1.80 bits per heavy atom. The Kier molecular flexibility index (Phi) is 14.5. The molecule has 30 heavy (non-hydrogen) atoms. The zero-order valence-corrected chi connectivity index (χ0v) is 20.1. The van der Waals surface area contributed by atoms with E-state index in [1.165, 1.54) is 69.8 Å². The number of benzene rings is 1. The molecule has 0 N–H and O–H groups in total. The highest BCUT2D eigenvalue weighted by molar-refractivity contribution is 5.70. The summed E-state index contributed by atoms with van der Waals surface area (Å²) in [5, 5.41) is 0. The second kappa shape index (κ2) is 16.4. The van der Waals surface area contributed by atoms with Crippen molar-refractivity contribution in [2.24, 2.45) is 0 Å². The first-order chi connectivity index (χ1) is 14.4. The molecule has 0 fully saturated rings. The summed E-state index contributed by atoms with van der Waals surface area (Å²) in [6, 6.07) is 8.38. The van der Waals surface area contributed by atoms with Crippen LogP contribution in [0.2, 0.25) is 0 Å². The average molecular weight is 419 g/mol. The molecule has 0 aliphatic rings. The van der Waals surface area contributed by atoms with E-state index in [0.717, 1.165) is 25.0 Å². The molecule has 0 aromatic heterocycles. The number of hydrogen-bond donors (Lipinski definition) is 0. The molecule has 3 nitrogen and oxygen atoms in total. The number of aryl methyl sites for hydroxylation is 1. The molecular weight excluding hydrogens is 372 g/mol. The van der Waals surface area contributed by atoms with Gasteiger partial charge in [0.1, 0.15) is 5.60 Å². The van der Waals surface area contributed by atoms with Gasteiger partial charge in [0.05, 0.1) is 6.61 Å². The van der Waals surface area contributed by atoms with Crippen molar-refractivity contribution in [3.05, 3.63) is 35.4 Å². The number of unbranched alkanes of at least 4 members (excludes halogenated alkanes) is 10. The van der Waals surface area contributed by atoms with Gasteiger partial charge in [0.2, 0.25) is 0 Å². The summed E-state index contributed by atoms with van der Waals surface area (Å²) in [7, 11) is 0. The summed E-state index contributed by atoms with van der Waals surface area (Å²) in [4.78, 5) is 11.8. The fourth-order valence-electron chi connectivity index (χ4n) is 3.50. The summed E-state index contributed by atoms with van der Waals surface area (Å²) in [6.45, 7) is 9.49. The Balaban J connectivity index is 1.99. The third-order valence-electron chi connectivity index (χ3n) is 5.22. The van der Waals surface area contributed by atoms with Crippen molar-refractivity contribution < 1.29 is 14.3 Å². The molecule has 0 saturated carbocycles. The molecule has 0 spiro atoms. The number of hydrogen-bond acceptors (Lipinski definition) is 3. The van der Waals surface area contributed by atoms with E-state index in [0.29, 0.717) is 13.0 Å². The smallest absolute Gasteiger partial charge is 0.306 e. The molecule has 0 aliphatic carbocycles. The van der Waals surface area contributed by atoms with Gasteiger partial charge in [-0.2, -0.15) is 0 Å². The summed E-state index contributed by atoms with van der Waals surface area (Å²) in [6.07, 6.45) is 16.1. The number of esters is 1. The van der Waals surface area contributed by atoms with Crippen molar-refractivity contribution in [1.82, 2.24) is 0 Å². The predicted molar refractivity (Wildman–Crippen MR) is 127 cm³/mol. The summed E-state index contributed by atoms with van der Waals surface area (Å²) >= 11 is 0. The Morgan fingerprint density at radius 2 is 1.27 bits per heavy atom. The maximum Gasteiger partial charge on any atom is 0.306 e. The molecule has 172 valence electrons. The van der Waals surface area contributed by atoms with Crippen LogP contribution in [0.5, 0.6) is 0 Å².